The number of hydrogen-bond acceptors (Lipinski definition) is 4. The summed E-state index contributed by atoms with van der Waals surface area (Å²) in [4.78, 5) is 2.60. The molecule has 4 rings (SSSR count). The molecule has 1 aliphatic heterocycles. The molecular weight excluding hydrogens is 340 g/mol. The van der Waals surface area contributed by atoms with Gasteiger partial charge in [0, 0.05) is 23.8 Å². The number of benzene rings is 2. The van der Waals surface area contributed by atoms with Gasteiger partial charge < -0.3 is 10.1 Å². The van der Waals surface area contributed by atoms with Gasteiger partial charge in [-0.3, -0.25) is 4.90 Å². The Balaban J connectivity index is 1.48. The van der Waals surface area contributed by atoms with E-state index in [0.717, 1.165) is 18.8 Å². The molecular formula is C22H26N2OS. The lowest BCUT2D eigenvalue weighted by Gasteiger charge is -2.28. The van der Waals surface area contributed by atoms with E-state index in [1.165, 1.54) is 47.1 Å². The number of nitrogens with zero attached hydrogens (tertiary/aromatic N) is 1. The average Bonchev–Trinajstić information content (AvgIpc) is 3.35. The van der Waals surface area contributed by atoms with Crippen molar-refractivity contribution in [2.75, 3.05) is 26.7 Å². The lowest BCUT2D eigenvalue weighted by atomic mass is 10.0. The fourth-order valence-electron chi connectivity index (χ4n) is 3.87. The molecule has 1 aromatic heterocycles. The molecule has 1 atom stereocenters. The van der Waals surface area contributed by atoms with Crippen molar-refractivity contribution in [1.82, 2.24) is 10.2 Å². The number of nitrogens with one attached hydrogen (secondary N) is 1. The van der Waals surface area contributed by atoms with E-state index in [2.05, 4.69) is 58.1 Å². The molecule has 1 saturated heterocycles. The molecule has 0 bridgehead atoms. The topological polar surface area (TPSA) is 24.5 Å². The molecule has 0 spiro atoms. The maximum absolute atomic E-state index is 5.44. The summed E-state index contributed by atoms with van der Waals surface area (Å²) in [6, 6.07) is 17.6. The molecule has 2 aromatic carbocycles. The quantitative estimate of drug-likeness (QED) is 0.648. The normalized spacial score (nSPS) is 16.2. The second-order valence-electron chi connectivity index (χ2n) is 6.92. The van der Waals surface area contributed by atoms with Crippen LogP contribution in [0.3, 0.4) is 0 Å². The third kappa shape index (κ3) is 3.78. The molecule has 0 saturated carbocycles. The van der Waals surface area contributed by atoms with Crippen molar-refractivity contribution >= 4 is 21.4 Å². The summed E-state index contributed by atoms with van der Waals surface area (Å²) in [6.07, 6.45) is 2.60. The van der Waals surface area contributed by atoms with Gasteiger partial charge in [-0.05, 0) is 66.0 Å². The number of rotatable bonds is 7. The maximum Gasteiger partial charge on any atom is 0.119 e. The fraction of sp³-hybridized carbons (Fsp3) is 0.364. The molecule has 3 nitrogen and oxygen atoms in total. The van der Waals surface area contributed by atoms with Crippen LogP contribution in [-0.4, -0.2) is 31.6 Å². The van der Waals surface area contributed by atoms with Gasteiger partial charge in [0.05, 0.1) is 7.11 Å². The zero-order valence-electron chi connectivity index (χ0n) is 15.3. The largest absolute Gasteiger partial charge is 0.497 e. The lowest BCUT2D eigenvalue weighted by Crippen LogP contribution is -2.34. The monoisotopic (exact) mass is 366 g/mol. The summed E-state index contributed by atoms with van der Waals surface area (Å²) in [7, 11) is 1.74. The van der Waals surface area contributed by atoms with E-state index in [0.29, 0.717) is 6.04 Å². The molecule has 3 aromatic rings. The number of ether oxygens (including phenoxy) is 1. The highest BCUT2D eigenvalue weighted by atomic mass is 32.1. The van der Waals surface area contributed by atoms with E-state index in [9.17, 15) is 0 Å². The third-order valence-electron chi connectivity index (χ3n) is 5.27. The van der Waals surface area contributed by atoms with Crippen LogP contribution in [0.1, 0.15) is 30.0 Å². The third-order valence-corrected chi connectivity index (χ3v) is 6.29. The minimum Gasteiger partial charge on any atom is -0.497 e. The predicted octanol–water partition coefficient (Wildman–Crippen LogP) is 4.84. The van der Waals surface area contributed by atoms with Crippen LogP contribution in [0.15, 0.2) is 53.9 Å². The number of fused-ring (bicyclic) bond motifs is 1. The van der Waals surface area contributed by atoms with Crippen LogP contribution in [0.5, 0.6) is 5.75 Å². The molecule has 0 aliphatic carbocycles. The van der Waals surface area contributed by atoms with Gasteiger partial charge in [-0.25, -0.2) is 0 Å². The molecule has 1 unspecified atom stereocenters. The van der Waals surface area contributed by atoms with Crippen LogP contribution < -0.4 is 10.1 Å². The summed E-state index contributed by atoms with van der Waals surface area (Å²) in [5.74, 6) is 0.940. The second kappa shape index (κ2) is 8.21. The molecule has 1 aliphatic rings. The highest BCUT2D eigenvalue weighted by Gasteiger charge is 2.23. The van der Waals surface area contributed by atoms with Crippen LogP contribution in [0.2, 0.25) is 0 Å². The first kappa shape index (κ1) is 17.5. The van der Waals surface area contributed by atoms with Crippen molar-refractivity contribution in [3.8, 4) is 5.75 Å². The minimum atomic E-state index is 0.400. The van der Waals surface area contributed by atoms with Gasteiger partial charge in [0.1, 0.15) is 5.75 Å². The van der Waals surface area contributed by atoms with E-state index in [1.807, 2.05) is 17.4 Å². The van der Waals surface area contributed by atoms with Crippen molar-refractivity contribution in [2.45, 2.75) is 25.4 Å². The Hall–Kier alpha value is -1.88. The van der Waals surface area contributed by atoms with Crippen molar-refractivity contribution in [3.63, 3.8) is 0 Å². The number of hydrogen-bond donors (Lipinski definition) is 1. The molecule has 136 valence electrons. The van der Waals surface area contributed by atoms with Gasteiger partial charge in [-0.15, -0.1) is 11.3 Å². The highest BCUT2D eigenvalue weighted by molar-refractivity contribution is 7.17. The van der Waals surface area contributed by atoms with Crippen molar-refractivity contribution in [2.24, 2.45) is 0 Å². The van der Waals surface area contributed by atoms with Gasteiger partial charge >= 0.3 is 0 Å². The molecule has 1 fully saturated rings. The Morgan fingerprint density at radius 2 is 1.96 bits per heavy atom. The Labute approximate surface area is 159 Å². The summed E-state index contributed by atoms with van der Waals surface area (Å²) in [5, 5.41) is 7.38. The van der Waals surface area contributed by atoms with E-state index < -0.39 is 0 Å². The van der Waals surface area contributed by atoms with Crippen molar-refractivity contribution < 1.29 is 4.74 Å². The van der Waals surface area contributed by atoms with E-state index >= 15 is 0 Å². The molecule has 1 N–H and O–H groups in total. The fourth-order valence-corrected chi connectivity index (χ4v) is 4.84. The van der Waals surface area contributed by atoms with Crippen LogP contribution in [-0.2, 0) is 6.54 Å². The Kier molecular flexibility index (Phi) is 5.54. The standard InChI is InChI=1S/C22H26N2OS/c1-25-19-8-6-7-17(13-19)21(24-11-4-5-12-24)15-23-14-18-16-26-22-10-3-2-9-20(18)22/h2-3,6-10,13,16,21,23H,4-5,11-12,14-15H2,1H3. The van der Waals surface area contributed by atoms with Crippen LogP contribution in [0, 0.1) is 0 Å². The number of methoxy groups -OCH3 is 1. The zero-order chi connectivity index (χ0) is 17.8. The van der Waals surface area contributed by atoms with E-state index in [-0.39, 0.29) is 0 Å². The lowest BCUT2D eigenvalue weighted by molar-refractivity contribution is 0.238. The zero-order valence-corrected chi connectivity index (χ0v) is 16.1. The highest BCUT2D eigenvalue weighted by Crippen LogP contribution is 2.28. The molecule has 26 heavy (non-hydrogen) atoms. The Morgan fingerprint density at radius 1 is 1.12 bits per heavy atom. The van der Waals surface area contributed by atoms with Gasteiger partial charge in [0.2, 0.25) is 0 Å². The van der Waals surface area contributed by atoms with E-state index in [1.54, 1.807) is 7.11 Å². The van der Waals surface area contributed by atoms with Gasteiger partial charge in [-0.2, -0.15) is 0 Å². The predicted molar refractivity (Wildman–Crippen MR) is 110 cm³/mol. The van der Waals surface area contributed by atoms with Crippen molar-refractivity contribution in [3.05, 3.63) is 65.0 Å². The smallest absolute Gasteiger partial charge is 0.119 e. The summed E-state index contributed by atoms with van der Waals surface area (Å²) >= 11 is 1.83. The first-order valence-corrected chi connectivity index (χ1v) is 10.3. The van der Waals surface area contributed by atoms with Gasteiger partial charge in [0.25, 0.3) is 0 Å². The number of thiophene rings is 1. The van der Waals surface area contributed by atoms with Crippen LogP contribution >= 0.6 is 11.3 Å². The summed E-state index contributed by atoms with van der Waals surface area (Å²) < 4.78 is 6.81. The Morgan fingerprint density at radius 3 is 2.81 bits per heavy atom. The molecule has 2 heterocycles. The van der Waals surface area contributed by atoms with Crippen LogP contribution in [0.4, 0.5) is 0 Å². The maximum atomic E-state index is 5.44. The molecule has 4 heteroatoms. The van der Waals surface area contributed by atoms with Gasteiger partial charge in [-0.1, -0.05) is 30.3 Å². The Bertz CT molecular complexity index is 854. The SMILES string of the molecule is COc1cccc(C(CNCc2csc3ccccc23)N2CCCC2)c1. The van der Waals surface area contributed by atoms with Crippen LogP contribution in [0.25, 0.3) is 10.1 Å². The molecule has 0 radical (unpaired) electrons. The first-order valence-electron chi connectivity index (χ1n) is 9.39. The minimum absolute atomic E-state index is 0.400. The van der Waals surface area contributed by atoms with E-state index in [4.69, 9.17) is 4.74 Å². The summed E-state index contributed by atoms with van der Waals surface area (Å²) in [5.41, 5.74) is 2.74. The van der Waals surface area contributed by atoms with Crippen molar-refractivity contribution in [1.29, 1.82) is 0 Å². The van der Waals surface area contributed by atoms with Gasteiger partial charge in [0.15, 0.2) is 0 Å². The summed E-state index contributed by atoms with van der Waals surface area (Å²) in [6.45, 7) is 4.24. The average molecular weight is 367 g/mol. The second-order valence-corrected chi connectivity index (χ2v) is 7.83. The number of likely N-dealkylation sites (tertiary alicyclic amines) is 1. The molecule has 0 amide bonds. The first-order chi connectivity index (χ1) is 12.8.